The van der Waals surface area contributed by atoms with Gasteiger partial charge in [-0.1, -0.05) is 12.1 Å². The smallest absolute Gasteiger partial charge is 0.153 e. The summed E-state index contributed by atoms with van der Waals surface area (Å²) < 4.78 is 1.88. The third-order valence-corrected chi connectivity index (χ3v) is 3.87. The number of hydrogen-bond donors (Lipinski definition) is 0. The molecule has 0 aliphatic heterocycles. The van der Waals surface area contributed by atoms with E-state index in [2.05, 4.69) is 18.1 Å². The van der Waals surface area contributed by atoms with Gasteiger partial charge in [0, 0.05) is 11.8 Å². The quantitative estimate of drug-likeness (QED) is 0.797. The number of aromatic nitrogens is 2. The summed E-state index contributed by atoms with van der Waals surface area (Å²) in [5.74, 6) is 0.674. The lowest BCUT2D eigenvalue weighted by atomic mass is 10.1. The first-order valence-electron chi connectivity index (χ1n) is 6.78. The van der Waals surface area contributed by atoms with Crippen LogP contribution >= 0.6 is 0 Å². The van der Waals surface area contributed by atoms with Gasteiger partial charge in [-0.15, -0.1) is 0 Å². The molecule has 0 spiro atoms. The molecule has 4 nitrogen and oxygen atoms in total. The molecule has 1 fully saturated rings. The maximum atomic E-state index is 11.3. The molecule has 1 aliphatic rings. The summed E-state index contributed by atoms with van der Waals surface area (Å²) in [6.07, 6.45) is 5.11. The topological polar surface area (TPSA) is 58.7 Å². The van der Waals surface area contributed by atoms with Crippen LogP contribution in [-0.4, -0.2) is 16.1 Å². The lowest BCUT2D eigenvalue weighted by Gasteiger charge is -2.09. The maximum Gasteiger partial charge on any atom is 0.153 e. The van der Waals surface area contributed by atoms with E-state index in [0.717, 1.165) is 11.8 Å². The molecule has 100 valence electrons. The van der Waals surface area contributed by atoms with Crippen LogP contribution in [0.3, 0.4) is 0 Å². The van der Waals surface area contributed by atoms with Crippen molar-refractivity contribution >= 4 is 6.29 Å². The predicted molar refractivity (Wildman–Crippen MR) is 75.2 cm³/mol. The van der Waals surface area contributed by atoms with Crippen LogP contribution in [0.5, 0.6) is 0 Å². The van der Waals surface area contributed by atoms with Crippen LogP contribution in [0, 0.1) is 17.2 Å². The Morgan fingerprint density at radius 2 is 2.30 bits per heavy atom. The summed E-state index contributed by atoms with van der Waals surface area (Å²) in [5.41, 5.74) is 2.62. The standard InChI is InChI=1S/C16H15N3O/c1-11(13-5-6-13)19-9-15(10-20)16(18-19)14-4-2-3-12(7-14)8-17/h2-4,7,9-11,13H,5-6H2,1H3. The molecule has 1 heterocycles. The molecule has 3 rings (SSSR count). The minimum atomic E-state index is 0.321. The monoisotopic (exact) mass is 265 g/mol. The van der Waals surface area contributed by atoms with Crippen molar-refractivity contribution in [3.05, 3.63) is 41.6 Å². The van der Waals surface area contributed by atoms with Crippen molar-refractivity contribution in [2.45, 2.75) is 25.8 Å². The molecule has 1 aromatic carbocycles. The van der Waals surface area contributed by atoms with Gasteiger partial charge in [0.1, 0.15) is 5.69 Å². The van der Waals surface area contributed by atoms with E-state index >= 15 is 0 Å². The van der Waals surface area contributed by atoms with Crippen LogP contribution < -0.4 is 0 Å². The van der Waals surface area contributed by atoms with Gasteiger partial charge in [0.15, 0.2) is 6.29 Å². The summed E-state index contributed by atoms with van der Waals surface area (Å²) in [6, 6.07) is 9.63. The molecule has 1 unspecified atom stereocenters. The Labute approximate surface area is 117 Å². The largest absolute Gasteiger partial charge is 0.298 e. The number of hydrogen-bond acceptors (Lipinski definition) is 3. The number of aldehydes is 1. The van der Waals surface area contributed by atoms with E-state index in [4.69, 9.17) is 5.26 Å². The molecule has 0 amide bonds. The molecule has 0 radical (unpaired) electrons. The molecule has 20 heavy (non-hydrogen) atoms. The van der Waals surface area contributed by atoms with E-state index in [9.17, 15) is 4.79 Å². The number of rotatable bonds is 4. The highest BCUT2D eigenvalue weighted by Crippen LogP contribution is 2.39. The van der Waals surface area contributed by atoms with Crippen LogP contribution in [-0.2, 0) is 0 Å². The molecule has 1 saturated carbocycles. The predicted octanol–water partition coefficient (Wildman–Crippen LogP) is 3.21. The van der Waals surface area contributed by atoms with E-state index < -0.39 is 0 Å². The SMILES string of the molecule is CC(C1CC1)n1cc(C=O)c(-c2cccc(C#N)c2)n1. The average Bonchev–Trinajstić information content (AvgIpc) is 3.25. The fourth-order valence-corrected chi connectivity index (χ4v) is 2.46. The fraction of sp³-hybridized carbons (Fsp3) is 0.312. The number of nitriles is 1. The average molecular weight is 265 g/mol. The van der Waals surface area contributed by atoms with Crippen molar-refractivity contribution in [1.29, 1.82) is 5.26 Å². The minimum Gasteiger partial charge on any atom is -0.298 e. The van der Waals surface area contributed by atoms with Crippen molar-refractivity contribution in [3.8, 4) is 17.3 Å². The van der Waals surface area contributed by atoms with Gasteiger partial charge < -0.3 is 0 Å². The normalized spacial score (nSPS) is 15.6. The van der Waals surface area contributed by atoms with Crippen molar-refractivity contribution in [3.63, 3.8) is 0 Å². The van der Waals surface area contributed by atoms with Crippen molar-refractivity contribution in [2.75, 3.05) is 0 Å². The van der Waals surface area contributed by atoms with Crippen molar-refractivity contribution in [1.82, 2.24) is 9.78 Å². The molecule has 2 aromatic rings. The van der Waals surface area contributed by atoms with Crippen LogP contribution in [0.15, 0.2) is 30.5 Å². The second-order valence-corrected chi connectivity index (χ2v) is 5.30. The molecule has 0 bridgehead atoms. The van der Waals surface area contributed by atoms with Gasteiger partial charge in [0.2, 0.25) is 0 Å². The first-order valence-corrected chi connectivity index (χ1v) is 6.78. The van der Waals surface area contributed by atoms with E-state index in [1.165, 1.54) is 12.8 Å². The van der Waals surface area contributed by atoms with Crippen molar-refractivity contribution < 1.29 is 4.79 Å². The lowest BCUT2D eigenvalue weighted by molar-refractivity contribution is 0.112. The van der Waals surface area contributed by atoms with E-state index in [1.54, 1.807) is 12.1 Å². The van der Waals surface area contributed by atoms with Crippen LogP contribution in [0.2, 0.25) is 0 Å². The van der Waals surface area contributed by atoms with Gasteiger partial charge >= 0.3 is 0 Å². The van der Waals surface area contributed by atoms with Gasteiger partial charge in [0.25, 0.3) is 0 Å². The Morgan fingerprint density at radius 3 is 2.95 bits per heavy atom. The fourth-order valence-electron chi connectivity index (χ4n) is 2.46. The Bertz CT molecular complexity index is 692. The summed E-state index contributed by atoms with van der Waals surface area (Å²) in [6.45, 7) is 2.13. The molecule has 1 aromatic heterocycles. The zero-order valence-electron chi connectivity index (χ0n) is 11.3. The lowest BCUT2D eigenvalue weighted by Crippen LogP contribution is -2.07. The molecule has 1 aliphatic carbocycles. The molecular weight excluding hydrogens is 250 g/mol. The van der Waals surface area contributed by atoms with Gasteiger partial charge in [0.05, 0.1) is 23.2 Å². The second kappa shape index (κ2) is 4.93. The molecule has 1 atom stereocenters. The van der Waals surface area contributed by atoms with E-state index in [0.29, 0.717) is 28.8 Å². The Morgan fingerprint density at radius 1 is 1.50 bits per heavy atom. The van der Waals surface area contributed by atoms with Gasteiger partial charge in [-0.2, -0.15) is 10.4 Å². The highest BCUT2D eigenvalue weighted by Gasteiger charge is 2.30. The summed E-state index contributed by atoms with van der Waals surface area (Å²) in [4.78, 5) is 11.3. The first-order chi connectivity index (χ1) is 9.72. The highest BCUT2D eigenvalue weighted by atomic mass is 16.1. The summed E-state index contributed by atoms with van der Waals surface area (Å²) >= 11 is 0. The Kier molecular flexibility index (Phi) is 3.11. The summed E-state index contributed by atoms with van der Waals surface area (Å²) in [5, 5.41) is 13.5. The number of nitrogens with zero attached hydrogens (tertiary/aromatic N) is 3. The third-order valence-electron chi connectivity index (χ3n) is 3.87. The van der Waals surface area contributed by atoms with E-state index in [1.807, 2.05) is 23.0 Å². The van der Waals surface area contributed by atoms with Gasteiger partial charge in [-0.05, 0) is 37.8 Å². The van der Waals surface area contributed by atoms with Crippen LogP contribution in [0.4, 0.5) is 0 Å². The molecule has 0 saturated heterocycles. The number of carbonyl (C=O) groups excluding carboxylic acids is 1. The Hall–Kier alpha value is -2.41. The van der Waals surface area contributed by atoms with Crippen molar-refractivity contribution in [2.24, 2.45) is 5.92 Å². The molecule has 4 heteroatoms. The van der Waals surface area contributed by atoms with Crippen LogP contribution in [0.1, 0.15) is 41.7 Å². The number of benzene rings is 1. The zero-order chi connectivity index (χ0) is 14.1. The highest BCUT2D eigenvalue weighted by molar-refractivity contribution is 5.85. The van der Waals surface area contributed by atoms with Gasteiger partial charge in [-0.3, -0.25) is 9.48 Å². The van der Waals surface area contributed by atoms with Crippen LogP contribution in [0.25, 0.3) is 11.3 Å². The maximum absolute atomic E-state index is 11.3. The minimum absolute atomic E-state index is 0.321. The van der Waals surface area contributed by atoms with Gasteiger partial charge in [-0.25, -0.2) is 0 Å². The molecule has 0 N–H and O–H groups in total. The zero-order valence-corrected chi connectivity index (χ0v) is 11.3. The molecular formula is C16H15N3O. The first kappa shape index (κ1) is 12.6. The number of carbonyl (C=O) groups is 1. The Balaban J connectivity index is 2.03. The van der Waals surface area contributed by atoms with E-state index in [-0.39, 0.29) is 0 Å². The second-order valence-electron chi connectivity index (χ2n) is 5.30. The summed E-state index contributed by atoms with van der Waals surface area (Å²) in [7, 11) is 0. The third kappa shape index (κ3) is 2.23.